The first-order chi connectivity index (χ1) is 25.7. The quantitative estimate of drug-likeness (QED) is 0.135. The van der Waals surface area contributed by atoms with E-state index in [2.05, 4.69) is 87.7 Å². The van der Waals surface area contributed by atoms with Gasteiger partial charge in [0.15, 0.2) is 11.5 Å². The summed E-state index contributed by atoms with van der Waals surface area (Å²) in [5, 5.41) is 5.33. The van der Waals surface area contributed by atoms with Gasteiger partial charge >= 0.3 is 0 Å². The fourth-order valence-corrected chi connectivity index (χ4v) is 12.5. The topological polar surface area (TPSA) is 70.0 Å². The Kier molecular flexibility index (Phi) is 9.33. The molecule has 1 radical (unpaired) electrons. The Bertz CT molecular complexity index is 2500. The first-order valence-electron chi connectivity index (χ1n) is 17.0. The number of hydrogen-bond acceptors (Lipinski definition) is 6. The van der Waals surface area contributed by atoms with Crippen LogP contribution in [0.1, 0.15) is 5.56 Å². The van der Waals surface area contributed by atoms with Crippen molar-refractivity contribution in [1.29, 1.82) is 0 Å². The van der Waals surface area contributed by atoms with E-state index in [1.807, 2.05) is 111 Å². The van der Waals surface area contributed by atoms with Crippen molar-refractivity contribution in [2.24, 2.45) is 0 Å². The first kappa shape index (κ1) is 34.1. The molecule has 0 N–H and O–H groups in total. The molecule has 0 amide bonds. The second-order valence-electron chi connectivity index (χ2n) is 12.5. The van der Waals surface area contributed by atoms with Gasteiger partial charge in [0.05, 0.1) is 11.5 Å². The second kappa shape index (κ2) is 14.5. The molecule has 4 aromatic carbocycles. The van der Waals surface area contributed by atoms with Crippen LogP contribution >= 0.6 is 0 Å². The molecule has 6 heterocycles. The van der Waals surface area contributed by atoms with Gasteiger partial charge in [0.25, 0.3) is 0 Å². The number of hydrogen-bond donors (Lipinski definition) is 0. The van der Waals surface area contributed by atoms with E-state index in [0.717, 1.165) is 33.8 Å². The Morgan fingerprint density at radius 3 is 1.87 bits per heavy atom. The van der Waals surface area contributed by atoms with Gasteiger partial charge in [0.2, 0.25) is 0 Å². The number of pyridine rings is 4. The van der Waals surface area contributed by atoms with Crippen molar-refractivity contribution in [2.75, 3.05) is 0 Å². The minimum Gasteiger partial charge on any atom is -0.494 e. The monoisotopic (exact) mass is 879 g/mol. The number of rotatable bonds is 4. The number of aryl methyl sites for hydroxylation is 1. The summed E-state index contributed by atoms with van der Waals surface area (Å²) < 4.78 is 11.9. The van der Waals surface area contributed by atoms with E-state index in [-0.39, 0.29) is 20.1 Å². The normalized spacial score (nSPS) is 12.5. The number of fused-ring (bicyclic) bond motifs is 5. The van der Waals surface area contributed by atoms with Crippen LogP contribution < -0.4 is 30.2 Å². The third kappa shape index (κ3) is 5.97. The van der Waals surface area contributed by atoms with E-state index in [1.165, 1.54) is 31.9 Å². The van der Waals surface area contributed by atoms with Gasteiger partial charge in [-0.1, -0.05) is 88.2 Å². The van der Waals surface area contributed by atoms with Gasteiger partial charge < -0.3 is 19.4 Å². The Labute approximate surface area is 322 Å². The third-order valence-corrected chi connectivity index (χ3v) is 14.4. The number of aromatic nitrogens is 4. The number of benzene rings is 4. The zero-order valence-electron chi connectivity index (χ0n) is 28.5. The molecule has 0 saturated carbocycles. The molecule has 8 aromatic rings. The van der Waals surface area contributed by atoms with Crippen LogP contribution in [0, 0.1) is 19.1 Å². The van der Waals surface area contributed by atoms with Gasteiger partial charge in [0.1, 0.15) is 8.07 Å². The smallest absolute Gasteiger partial charge is 0.166 e. The fourth-order valence-electron chi connectivity index (χ4n) is 7.27. The van der Waals surface area contributed by atoms with Crippen molar-refractivity contribution in [2.45, 2.75) is 6.92 Å². The predicted octanol–water partition coefficient (Wildman–Crippen LogP) is 7.45. The van der Waals surface area contributed by atoms with Gasteiger partial charge in [-0.3, -0.25) is 9.97 Å². The second-order valence-corrected chi connectivity index (χ2v) is 16.2. The van der Waals surface area contributed by atoms with Crippen LogP contribution in [0.2, 0.25) is 0 Å². The summed E-state index contributed by atoms with van der Waals surface area (Å²) in [6.07, 6.45) is 11.3. The molecule has 0 bridgehead atoms. The predicted molar refractivity (Wildman–Crippen MR) is 207 cm³/mol. The summed E-state index contributed by atoms with van der Waals surface area (Å²) in [7, 11) is -2.60. The number of para-hydroxylation sites is 2. The van der Waals surface area contributed by atoms with E-state index in [4.69, 9.17) is 14.5 Å². The molecular formula is C45H30IrN4O2Si-2. The maximum atomic E-state index is 6.00. The standard InChI is InChI=1S/C27H18N3Si.C18H12NO2.Ir/c1-2-10-26-22(6-1)23-7-5-8-24(25-9-3-4-15-30-25)27(23)31(26,20-11-16-28-17-12-20)21-13-18-29-19-14-21;1-12-9-10-14(19-11-12)13-5-4-8-17-18(13)21-16-7-3-2-6-15(16)20-17;/h1-7,9-19H;2-4,6-11H,1H3;/q2*-1;. The van der Waals surface area contributed by atoms with E-state index < -0.39 is 8.07 Å². The zero-order chi connectivity index (χ0) is 34.9. The Balaban J connectivity index is 0.000000159. The van der Waals surface area contributed by atoms with E-state index in [1.54, 1.807) is 0 Å². The number of nitrogens with zero attached hydrogens (tertiary/aromatic N) is 4. The molecular weight excluding hydrogens is 849 g/mol. The summed E-state index contributed by atoms with van der Waals surface area (Å²) in [6, 6.07) is 49.9. The molecule has 0 saturated heterocycles. The Morgan fingerprint density at radius 1 is 0.528 bits per heavy atom. The molecule has 0 aliphatic carbocycles. The van der Waals surface area contributed by atoms with Crippen molar-refractivity contribution >= 4 is 28.8 Å². The fraction of sp³-hybridized carbons (Fsp3) is 0.0222. The van der Waals surface area contributed by atoms with Gasteiger partial charge in [-0.05, 0) is 77.1 Å². The molecule has 2 aliphatic rings. The van der Waals surface area contributed by atoms with Gasteiger partial charge in [-0.15, -0.1) is 41.1 Å². The zero-order valence-corrected chi connectivity index (χ0v) is 31.9. The molecule has 53 heavy (non-hydrogen) atoms. The molecule has 0 atom stereocenters. The molecule has 0 spiro atoms. The van der Waals surface area contributed by atoms with Crippen molar-refractivity contribution < 1.29 is 29.6 Å². The Hall–Kier alpha value is -6.05. The molecule has 0 unspecified atom stereocenters. The average molecular weight is 879 g/mol. The van der Waals surface area contributed by atoms with Gasteiger partial charge in [-0.25, -0.2) is 0 Å². The maximum absolute atomic E-state index is 6.00. The summed E-state index contributed by atoms with van der Waals surface area (Å²) in [5.41, 5.74) is 7.34. The van der Waals surface area contributed by atoms with Crippen LogP contribution in [-0.2, 0) is 20.1 Å². The summed E-state index contributed by atoms with van der Waals surface area (Å²) >= 11 is 0. The minimum absolute atomic E-state index is 0. The molecule has 8 heteroatoms. The SMILES string of the molecule is Cc1ccc(-c2[c-]ccc3c2Oc2ccccc2O3)nc1.[Ir].[c-]1ccc2c(c1-c1ccccn1)[Si](c1ccncc1)(c1ccncc1)c1ccccc1-2. The van der Waals surface area contributed by atoms with Gasteiger partial charge in [0, 0.05) is 57.3 Å². The molecule has 0 fully saturated rings. The van der Waals surface area contributed by atoms with Crippen LogP contribution in [0.25, 0.3) is 33.6 Å². The van der Waals surface area contributed by atoms with Crippen molar-refractivity contribution in [1.82, 2.24) is 19.9 Å². The molecule has 6 nitrogen and oxygen atoms in total. The molecule has 4 aromatic heterocycles. The molecule has 2 aliphatic heterocycles. The van der Waals surface area contributed by atoms with Crippen molar-refractivity contribution in [3.8, 4) is 56.6 Å². The van der Waals surface area contributed by atoms with Crippen LogP contribution in [0.3, 0.4) is 0 Å². The summed E-state index contributed by atoms with van der Waals surface area (Å²) in [4.78, 5) is 17.8. The first-order valence-corrected chi connectivity index (χ1v) is 19.0. The Morgan fingerprint density at radius 2 is 1.17 bits per heavy atom. The molecule has 10 rings (SSSR count). The minimum atomic E-state index is -2.60. The average Bonchev–Trinajstić information content (AvgIpc) is 3.53. The van der Waals surface area contributed by atoms with Crippen LogP contribution in [0.5, 0.6) is 23.0 Å². The maximum Gasteiger partial charge on any atom is 0.166 e. The van der Waals surface area contributed by atoms with E-state index in [9.17, 15) is 0 Å². The van der Waals surface area contributed by atoms with Crippen LogP contribution in [0.4, 0.5) is 0 Å². The summed E-state index contributed by atoms with van der Waals surface area (Å²) in [6.45, 7) is 2.01. The van der Waals surface area contributed by atoms with Crippen molar-refractivity contribution in [3.05, 3.63) is 182 Å². The van der Waals surface area contributed by atoms with E-state index in [0.29, 0.717) is 17.2 Å². The van der Waals surface area contributed by atoms with Gasteiger partial charge in [-0.2, -0.15) is 0 Å². The van der Waals surface area contributed by atoms with E-state index >= 15 is 0 Å². The van der Waals surface area contributed by atoms with Crippen molar-refractivity contribution in [3.63, 3.8) is 0 Å². The largest absolute Gasteiger partial charge is 0.494 e. The van der Waals surface area contributed by atoms with Crippen LogP contribution in [-0.4, -0.2) is 28.0 Å². The van der Waals surface area contributed by atoms with Crippen LogP contribution in [0.15, 0.2) is 165 Å². The third-order valence-electron chi connectivity index (χ3n) is 9.50. The summed E-state index contributed by atoms with van der Waals surface area (Å²) in [5.74, 6) is 2.77. The molecule has 257 valence electrons. The number of ether oxygens (including phenoxy) is 2.